The van der Waals surface area contributed by atoms with Crippen molar-refractivity contribution in [3.05, 3.63) is 47.9 Å². The Morgan fingerprint density at radius 2 is 1.62 bits per heavy atom. The van der Waals surface area contributed by atoms with Gasteiger partial charge in [0.05, 0.1) is 32.8 Å². The van der Waals surface area contributed by atoms with E-state index in [1.54, 1.807) is 44.6 Å². The summed E-state index contributed by atoms with van der Waals surface area (Å²) < 4.78 is 48.6. The second-order valence-electron chi connectivity index (χ2n) is 7.40. The molecule has 1 heterocycles. The fourth-order valence-electron chi connectivity index (χ4n) is 3.19. The zero-order valence-corrected chi connectivity index (χ0v) is 19.8. The highest BCUT2D eigenvalue weighted by Gasteiger charge is 2.25. The van der Waals surface area contributed by atoms with E-state index < -0.39 is 10.0 Å². The molecule has 0 bridgehead atoms. The number of methoxy groups -OCH3 is 3. The first-order valence-corrected chi connectivity index (χ1v) is 11.3. The molecular formula is C22H27N3O6S. The van der Waals surface area contributed by atoms with Gasteiger partial charge in [-0.25, -0.2) is 8.42 Å². The molecule has 0 spiro atoms. The maximum Gasteiger partial charge on any atom is 0.243 e. The van der Waals surface area contributed by atoms with Gasteiger partial charge in [0.25, 0.3) is 0 Å². The summed E-state index contributed by atoms with van der Waals surface area (Å²) in [5, 5.41) is 3.96. The van der Waals surface area contributed by atoms with Crippen LogP contribution in [0.15, 0.2) is 45.8 Å². The fraction of sp³-hybridized carbons (Fsp3) is 0.364. The standard InChI is InChI=1S/C22H27N3O6S/c1-14(2)17-12-16(8-10-18(17)28-4)32(26,27)25(3)13-21-23-22(24-31-21)15-7-9-19(29-5)20(11-15)30-6/h7-12,14H,13H2,1-6H3. The van der Waals surface area contributed by atoms with E-state index in [0.717, 1.165) is 5.56 Å². The first kappa shape index (κ1) is 23.6. The quantitative estimate of drug-likeness (QED) is 0.475. The molecule has 0 atom stereocenters. The van der Waals surface area contributed by atoms with Gasteiger partial charge >= 0.3 is 0 Å². The lowest BCUT2D eigenvalue weighted by Gasteiger charge is -2.18. The van der Waals surface area contributed by atoms with Gasteiger partial charge in [-0.15, -0.1) is 0 Å². The average molecular weight is 462 g/mol. The maximum absolute atomic E-state index is 13.1. The van der Waals surface area contributed by atoms with Crippen LogP contribution in [0.5, 0.6) is 17.2 Å². The number of hydrogen-bond acceptors (Lipinski definition) is 8. The third-order valence-electron chi connectivity index (χ3n) is 5.00. The summed E-state index contributed by atoms with van der Waals surface area (Å²) in [6.07, 6.45) is 0. The Balaban J connectivity index is 1.83. The average Bonchev–Trinajstić information content (AvgIpc) is 3.26. The molecule has 0 aliphatic carbocycles. The smallest absolute Gasteiger partial charge is 0.243 e. The predicted octanol–water partition coefficient (Wildman–Crippen LogP) is 3.71. The number of aromatic nitrogens is 2. The van der Waals surface area contributed by atoms with Crippen LogP contribution in [0.25, 0.3) is 11.4 Å². The molecule has 0 amide bonds. The highest BCUT2D eigenvalue weighted by atomic mass is 32.2. The molecule has 1 aromatic heterocycles. The molecule has 0 unspecified atom stereocenters. The van der Waals surface area contributed by atoms with Gasteiger partial charge in [-0.3, -0.25) is 0 Å². The molecule has 0 aliphatic heterocycles. The van der Waals surface area contributed by atoms with E-state index in [1.165, 1.54) is 24.5 Å². The van der Waals surface area contributed by atoms with Crippen molar-refractivity contribution in [1.82, 2.24) is 14.4 Å². The maximum atomic E-state index is 13.1. The van der Waals surface area contributed by atoms with E-state index in [-0.39, 0.29) is 23.2 Å². The highest BCUT2D eigenvalue weighted by Crippen LogP contribution is 2.32. The minimum Gasteiger partial charge on any atom is -0.496 e. The summed E-state index contributed by atoms with van der Waals surface area (Å²) in [4.78, 5) is 4.50. The number of sulfonamides is 1. The van der Waals surface area contributed by atoms with Gasteiger partial charge in [0.2, 0.25) is 21.7 Å². The molecule has 172 valence electrons. The summed E-state index contributed by atoms with van der Waals surface area (Å²) in [5.41, 5.74) is 1.47. The van der Waals surface area contributed by atoms with Gasteiger partial charge in [0.1, 0.15) is 5.75 Å². The fourth-order valence-corrected chi connectivity index (χ4v) is 4.35. The lowest BCUT2D eigenvalue weighted by atomic mass is 10.0. The first-order chi connectivity index (χ1) is 15.2. The molecule has 0 fully saturated rings. The van der Waals surface area contributed by atoms with Crippen molar-refractivity contribution < 1.29 is 27.2 Å². The number of hydrogen-bond donors (Lipinski definition) is 0. The summed E-state index contributed by atoms with van der Waals surface area (Å²) in [6, 6.07) is 10.0. The van der Waals surface area contributed by atoms with Gasteiger partial charge < -0.3 is 18.7 Å². The summed E-state index contributed by atoms with van der Waals surface area (Å²) in [7, 11) is 2.33. The third kappa shape index (κ3) is 4.71. The molecule has 9 nitrogen and oxygen atoms in total. The van der Waals surface area contributed by atoms with Gasteiger partial charge in [0.15, 0.2) is 11.5 Å². The monoisotopic (exact) mass is 461 g/mol. The molecule has 3 rings (SSSR count). The molecule has 32 heavy (non-hydrogen) atoms. The van der Waals surface area contributed by atoms with E-state index in [1.807, 2.05) is 13.8 Å². The van der Waals surface area contributed by atoms with E-state index in [9.17, 15) is 8.42 Å². The van der Waals surface area contributed by atoms with Crippen LogP contribution in [0, 0.1) is 0 Å². The molecule has 0 radical (unpaired) electrons. The van der Waals surface area contributed by atoms with Crippen LogP contribution in [-0.2, 0) is 16.6 Å². The molecule has 0 saturated carbocycles. The number of rotatable bonds is 9. The molecule has 0 N–H and O–H groups in total. The molecule has 0 aliphatic rings. The van der Waals surface area contributed by atoms with Crippen LogP contribution in [0.1, 0.15) is 31.2 Å². The van der Waals surface area contributed by atoms with Crippen molar-refractivity contribution in [2.75, 3.05) is 28.4 Å². The van der Waals surface area contributed by atoms with E-state index in [0.29, 0.717) is 28.6 Å². The van der Waals surface area contributed by atoms with Crippen molar-refractivity contribution in [3.8, 4) is 28.6 Å². The molecular weight excluding hydrogens is 434 g/mol. The van der Waals surface area contributed by atoms with Crippen LogP contribution in [0.4, 0.5) is 0 Å². The van der Waals surface area contributed by atoms with Gasteiger partial charge in [0, 0.05) is 12.6 Å². The van der Waals surface area contributed by atoms with Crippen molar-refractivity contribution in [2.45, 2.75) is 31.2 Å². The Morgan fingerprint density at radius 1 is 0.969 bits per heavy atom. The van der Waals surface area contributed by atoms with Crippen LogP contribution in [-0.4, -0.2) is 51.2 Å². The second kappa shape index (κ2) is 9.58. The largest absolute Gasteiger partial charge is 0.496 e. The van der Waals surface area contributed by atoms with Crippen molar-refractivity contribution >= 4 is 10.0 Å². The lowest BCUT2D eigenvalue weighted by Crippen LogP contribution is -2.26. The van der Waals surface area contributed by atoms with Crippen molar-refractivity contribution in [3.63, 3.8) is 0 Å². The first-order valence-electron chi connectivity index (χ1n) is 9.90. The third-order valence-corrected chi connectivity index (χ3v) is 6.80. The number of ether oxygens (including phenoxy) is 3. The zero-order valence-electron chi connectivity index (χ0n) is 18.9. The van der Waals surface area contributed by atoms with E-state index in [2.05, 4.69) is 10.1 Å². The van der Waals surface area contributed by atoms with Gasteiger partial charge in [-0.2, -0.15) is 9.29 Å². The lowest BCUT2D eigenvalue weighted by molar-refractivity contribution is 0.336. The molecule has 3 aromatic rings. The van der Waals surface area contributed by atoms with E-state index >= 15 is 0 Å². The van der Waals surface area contributed by atoms with E-state index in [4.69, 9.17) is 18.7 Å². The Hall–Kier alpha value is -3.11. The normalized spacial score (nSPS) is 11.8. The topological polar surface area (TPSA) is 104 Å². The predicted molar refractivity (Wildman–Crippen MR) is 119 cm³/mol. The molecule has 10 heteroatoms. The van der Waals surface area contributed by atoms with Crippen LogP contribution in [0.2, 0.25) is 0 Å². The highest BCUT2D eigenvalue weighted by molar-refractivity contribution is 7.89. The Labute approximate surface area is 188 Å². The minimum atomic E-state index is -3.78. The summed E-state index contributed by atoms with van der Waals surface area (Å²) in [5.74, 6) is 2.34. The van der Waals surface area contributed by atoms with Crippen molar-refractivity contribution in [2.24, 2.45) is 0 Å². The Bertz CT molecular complexity index is 1190. The zero-order chi connectivity index (χ0) is 23.5. The number of benzene rings is 2. The summed E-state index contributed by atoms with van der Waals surface area (Å²) >= 11 is 0. The van der Waals surface area contributed by atoms with Gasteiger partial charge in [-0.05, 0) is 47.9 Å². The number of nitrogens with zero attached hydrogens (tertiary/aromatic N) is 3. The second-order valence-corrected chi connectivity index (χ2v) is 9.45. The minimum absolute atomic E-state index is 0.0777. The van der Waals surface area contributed by atoms with Crippen molar-refractivity contribution in [1.29, 1.82) is 0 Å². The summed E-state index contributed by atoms with van der Waals surface area (Å²) in [6.45, 7) is 3.88. The Morgan fingerprint density at radius 3 is 2.25 bits per heavy atom. The Kier molecular flexibility index (Phi) is 7.05. The SMILES string of the molecule is COc1ccc(-c2noc(CN(C)S(=O)(=O)c3ccc(OC)c(C(C)C)c3)n2)cc1OC. The molecule has 2 aromatic carbocycles. The van der Waals surface area contributed by atoms with Crippen LogP contribution >= 0.6 is 0 Å². The van der Waals surface area contributed by atoms with Crippen LogP contribution in [0.3, 0.4) is 0 Å². The molecule has 0 saturated heterocycles. The van der Waals surface area contributed by atoms with Crippen LogP contribution < -0.4 is 14.2 Å². The van der Waals surface area contributed by atoms with Gasteiger partial charge in [-0.1, -0.05) is 19.0 Å².